The molecule has 0 unspecified atom stereocenters. The molecule has 0 atom stereocenters. The predicted octanol–water partition coefficient (Wildman–Crippen LogP) is 4.27. The number of hydrogen-bond donors (Lipinski definition) is 1. The number of nitrogens with one attached hydrogen (secondary N) is 1. The molecule has 2 nitrogen and oxygen atoms in total. The van der Waals surface area contributed by atoms with Crippen molar-refractivity contribution < 1.29 is 0 Å². The lowest BCUT2D eigenvalue weighted by Crippen LogP contribution is -2.42. The molecule has 2 rings (SSSR count). The zero-order valence-corrected chi connectivity index (χ0v) is 16.0. The third-order valence-electron chi connectivity index (χ3n) is 3.73. The fourth-order valence-corrected chi connectivity index (χ4v) is 4.37. The van der Waals surface area contributed by atoms with Crippen LogP contribution >= 0.6 is 27.7 Å². The molecule has 21 heavy (non-hydrogen) atoms. The van der Waals surface area contributed by atoms with Gasteiger partial charge in [-0.05, 0) is 31.0 Å². The van der Waals surface area contributed by atoms with E-state index in [-0.39, 0.29) is 0 Å². The molecule has 1 fully saturated rings. The van der Waals surface area contributed by atoms with E-state index in [2.05, 4.69) is 83.8 Å². The van der Waals surface area contributed by atoms with Gasteiger partial charge in [0.2, 0.25) is 0 Å². The molecule has 0 saturated carbocycles. The zero-order valence-electron chi connectivity index (χ0n) is 13.6. The number of rotatable bonds is 5. The van der Waals surface area contributed by atoms with Crippen molar-refractivity contribution in [3.8, 4) is 0 Å². The quantitative estimate of drug-likeness (QED) is 0.832. The lowest BCUT2D eigenvalue weighted by Gasteiger charge is -2.37. The van der Waals surface area contributed by atoms with Crippen LogP contribution in [0.4, 0.5) is 0 Å². The fraction of sp³-hybridized carbons (Fsp3) is 0.647. The molecule has 1 N–H and O–H groups in total. The van der Waals surface area contributed by atoms with Crippen LogP contribution < -0.4 is 5.32 Å². The minimum Gasteiger partial charge on any atom is -0.310 e. The van der Waals surface area contributed by atoms with Gasteiger partial charge in [0.25, 0.3) is 0 Å². The Kier molecular flexibility index (Phi) is 6.18. The van der Waals surface area contributed by atoms with Crippen LogP contribution in [-0.2, 0) is 13.1 Å². The van der Waals surface area contributed by atoms with E-state index in [1.165, 1.54) is 34.4 Å². The highest BCUT2D eigenvalue weighted by molar-refractivity contribution is 9.10. The number of thioether (sulfide) groups is 1. The molecule has 118 valence electrons. The lowest BCUT2D eigenvalue weighted by molar-refractivity contribution is 0.252. The average Bonchev–Trinajstić information content (AvgIpc) is 2.38. The van der Waals surface area contributed by atoms with E-state index in [0.717, 1.165) is 13.1 Å². The monoisotopic (exact) mass is 370 g/mol. The minimum atomic E-state index is 0.381. The van der Waals surface area contributed by atoms with Crippen molar-refractivity contribution in [1.82, 2.24) is 10.2 Å². The third-order valence-corrected chi connectivity index (χ3v) is 5.77. The van der Waals surface area contributed by atoms with Gasteiger partial charge in [-0.2, -0.15) is 11.8 Å². The molecule has 0 bridgehead atoms. The first-order valence-electron chi connectivity index (χ1n) is 7.73. The molecule has 1 aliphatic heterocycles. The van der Waals surface area contributed by atoms with Crippen LogP contribution in [0.3, 0.4) is 0 Å². The minimum absolute atomic E-state index is 0.381. The Morgan fingerprint density at radius 3 is 2.76 bits per heavy atom. The van der Waals surface area contributed by atoms with Gasteiger partial charge < -0.3 is 5.32 Å². The van der Waals surface area contributed by atoms with Gasteiger partial charge in [0.15, 0.2) is 0 Å². The van der Waals surface area contributed by atoms with Crippen LogP contribution in [0.25, 0.3) is 0 Å². The third kappa shape index (κ3) is 5.59. The summed E-state index contributed by atoms with van der Waals surface area (Å²) >= 11 is 5.84. The topological polar surface area (TPSA) is 15.3 Å². The van der Waals surface area contributed by atoms with Crippen molar-refractivity contribution in [1.29, 1.82) is 0 Å². The number of halogens is 1. The summed E-state index contributed by atoms with van der Waals surface area (Å²) in [4.78, 5) is 2.57. The highest BCUT2D eigenvalue weighted by Gasteiger charge is 2.27. The second-order valence-electron chi connectivity index (χ2n) is 6.78. The lowest BCUT2D eigenvalue weighted by atomic mass is 10.1. The molecule has 1 aromatic rings. The maximum atomic E-state index is 3.75. The summed E-state index contributed by atoms with van der Waals surface area (Å²) in [5.41, 5.74) is 2.74. The van der Waals surface area contributed by atoms with E-state index in [1.54, 1.807) is 0 Å². The van der Waals surface area contributed by atoms with Crippen molar-refractivity contribution in [2.24, 2.45) is 0 Å². The summed E-state index contributed by atoms with van der Waals surface area (Å²) in [5, 5.41) is 3.47. The Labute approximate surface area is 142 Å². The molecule has 1 saturated heterocycles. The van der Waals surface area contributed by atoms with Crippen molar-refractivity contribution in [3.63, 3.8) is 0 Å². The summed E-state index contributed by atoms with van der Waals surface area (Å²) in [5.74, 6) is 1.24. The average molecular weight is 371 g/mol. The molecule has 0 aromatic heterocycles. The maximum absolute atomic E-state index is 3.75. The first kappa shape index (κ1) is 17.3. The van der Waals surface area contributed by atoms with Gasteiger partial charge in [0.1, 0.15) is 0 Å². The molecule has 0 spiro atoms. The molecule has 1 aliphatic rings. The van der Waals surface area contributed by atoms with Crippen LogP contribution in [0, 0.1) is 0 Å². The largest absolute Gasteiger partial charge is 0.310 e. The van der Waals surface area contributed by atoms with Crippen LogP contribution in [0.1, 0.15) is 38.8 Å². The van der Waals surface area contributed by atoms with Gasteiger partial charge in [-0.1, -0.05) is 41.9 Å². The van der Waals surface area contributed by atoms with Gasteiger partial charge >= 0.3 is 0 Å². The second-order valence-corrected chi connectivity index (χ2v) is 9.44. The summed E-state index contributed by atoms with van der Waals surface area (Å²) in [6, 6.07) is 7.31. The zero-order chi connectivity index (χ0) is 15.5. The first-order valence-corrected chi connectivity index (χ1v) is 9.50. The Bertz CT molecular complexity index is 474. The van der Waals surface area contributed by atoms with E-state index in [0.29, 0.717) is 10.8 Å². The van der Waals surface area contributed by atoms with E-state index < -0.39 is 0 Å². The van der Waals surface area contributed by atoms with Crippen LogP contribution in [0.2, 0.25) is 0 Å². The first-order chi connectivity index (χ1) is 9.85. The highest BCUT2D eigenvalue weighted by atomic mass is 79.9. The Balaban J connectivity index is 1.97. The van der Waals surface area contributed by atoms with E-state index >= 15 is 0 Å². The SMILES string of the molecule is CC(C)NCc1ccc(CN2CCSC(C)(C)C2)c(Br)c1. The highest BCUT2D eigenvalue weighted by Crippen LogP contribution is 2.31. The Morgan fingerprint density at radius 2 is 2.14 bits per heavy atom. The van der Waals surface area contributed by atoms with Crippen LogP contribution in [0.15, 0.2) is 22.7 Å². The van der Waals surface area contributed by atoms with Gasteiger partial charge in [-0.3, -0.25) is 4.90 Å². The van der Waals surface area contributed by atoms with Gasteiger partial charge in [-0.15, -0.1) is 0 Å². The molecule has 1 aromatic carbocycles. The number of hydrogen-bond acceptors (Lipinski definition) is 3. The van der Waals surface area contributed by atoms with Crippen molar-refractivity contribution in [3.05, 3.63) is 33.8 Å². The van der Waals surface area contributed by atoms with E-state index in [4.69, 9.17) is 0 Å². The normalized spacial score (nSPS) is 19.1. The van der Waals surface area contributed by atoms with Crippen LogP contribution in [0.5, 0.6) is 0 Å². The van der Waals surface area contributed by atoms with E-state index in [9.17, 15) is 0 Å². The van der Waals surface area contributed by atoms with Gasteiger partial charge in [0.05, 0.1) is 0 Å². The molecule has 0 aliphatic carbocycles. The smallest absolute Gasteiger partial charge is 0.0245 e. The molecular weight excluding hydrogens is 344 g/mol. The summed E-state index contributed by atoms with van der Waals surface area (Å²) in [6.45, 7) is 13.4. The second kappa shape index (κ2) is 7.49. The molecule has 4 heteroatoms. The molecule has 0 amide bonds. The fourth-order valence-electron chi connectivity index (χ4n) is 2.64. The summed E-state index contributed by atoms with van der Waals surface area (Å²) in [7, 11) is 0. The summed E-state index contributed by atoms with van der Waals surface area (Å²) < 4.78 is 1.62. The maximum Gasteiger partial charge on any atom is 0.0245 e. The Morgan fingerprint density at radius 1 is 1.38 bits per heavy atom. The number of nitrogens with zero attached hydrogens (tertiary/aromatic N) is 1. The predicted molar refractivity (Wildman–Crippen MR) is 97.9 cm³/mol. The summed E-state index contributed by atoms with van der Waals surface area (Å²) in [6.07, 6.45) is 0. The van der Waals surface area contributed by atoms with Gasteiger partial charge in [0, 0.05) is 47.2 Å². The van der Waals surface area contributed by atoms with Gasteiger partial charge in [-0.25, -0.2) is 0 Å². The molecule has 0 radical (unpaired) electrons. The Hall–Kier alpha value is -0.0300. The van der Waals surface area contributed by atoms with Crippen molar-refractivity contribution in [2.75, 3.05) is 18.8 Å². The van der Waals surface area contributed by atoms with E-state index in [1.807, 2.05) is 0 Å². The molecule has 1 heterocycles. The number of benzene rings is 1. The van der Waals surface area contributed by atoms with Crippen molar-refractivity contribution in [2.45, 2.75) is 51.6 Å². The van der Waals surface area contributed by atoms with Crippen molar-refractivity contribution >= 4 is 27.7 Å². The van der Waals surface area contributed by atoms with Crippen LogP contribution in [-0.4, -0.2) is 34.5 Å². The molecular formula is C17H27BrN2S. The standard InChI is InChI=1S/C17H27BrN2S/c1-13(2)19-10-14-5-6-15(16(18)9-14)11-20-7-8-21-17(3,4)12-20/h5-6,9,13,19H,7-8,10-12H2,1-4H3.